The number of hydrogen-bond donors (Lipinski definition) is 1. The molecule has 1 amide bonds. The molecular formula is C22H29N6O5S. The van der Waals surface area contributed by atoms with Gasteiger partial charge in [0.15, 0.2) is 11.5 Å². The van der Waals surface area contributed by atoms with Gasteiger partial charge in [-0.2, -0.15) is 10.4 Å². The number of nitrogens with zero attached hydrogens (tertiary/aromatic N) is 5. The highest BCUT2D eigenvalue weighted by molar-refractivity contribution is 7.89. The molecule has 11 nitrogen and oxygen atoms in total. The number of amidine groups is 1. The van der Waals surface area contributed by atoms with Crippen molar-refractivity contribution in [1.82, 2.24) is 24.7 Å². The third-order valence-corrected chi connectivity index (χ3v) is 7.13. The van der Waals surface area contributed by atoms with Crippen LogP contribution in [0.15, 0.2) is 28.1 Å². The second kappa shape index (κ2) is 10.2. The summed E-state index contributed by atoms with van der Waals surface area (Å²) in [6, 6.07) is 4.49. The number of sulfonamides is 1. The highest BCUT2D eigenvalue weighted by atomic mass is 32.2. The summed E-state index contributed by atoms with van der Waals surface area (Å²) in [6.07, 6.45) is 0.683. The maximum Gasteiger partial charge on any atom is 0.299 e. The molecule has 183 valence electrons. The number of rotatable bonds is 9. The first-order valence-electron chi connectivity index (χ1n) is 11.3. The van der Waals surface area contributed by atoms with Gasteiger partial charge in [0.05, 0.1) is 36.0 Å². The Morgan fingerprint density at radius 2 is 2.00 bits per heavy atom. The number of fused-ring (bicyclic) bond motifs is 1. The molecule has 0 aliphatic carbocycles. The number of amides is 1. The molecule has 0 bridgehead atoms. The molecule has 0 atom stereocenters. The van der Waals surface area contributed by atoms with E-state index in [0.29, 0.717) is 61.2 Å². The first kappa shape index (κ1) is 24.3. The van der Waals surface area contributed by atoms with Crippen molar-refractivity contribution >= 4 is 27.5 Å². The van der Waals surface area contributed by atoms with Gasteiger partial charge in [-0.05, 0) is 45.0 Å². The van der Waals surface area contributed by atoms with Crippen molar-refractivity contribution < 1.29 is 22.7 Å². The maximum absolute atomic E-state index is 13.0. The Kier molecular flexibility index (Phi) is 7.31. The predicted molar refractivity (Wildman–Crippen MR) is 125 cm³/mol. The molecule has 2 aliphatic rings. The monoisotopic (exact) mass is 489 g/mol. The summed E-state index contributed by atoms with van der Waals surface area (Å²) in [4.78, 5) is 19.5. The van der Waals surface area contributed by atoms with Gasteiger partial charge in [-0.15, -0.1) is 0 Å². The standard InChI is InChI=1S/C22H29N6O5S/c1-4-33-18-7-6-16(34(30,31)23-8-5-9-28-10-12-32-13-11-28)14-17(18)21-24-19-15(2)26-27(3)20(19)22(29)25-21/h6-7,14,23H,4-5,8-13H2,1-3H3. The number of carbonyl (C=O) groups excluding carboxylic acids is 1. The predicted octanol–water partition coefficient (Wildman–Crippen LogP) is 0.964. The van der Waals surface area contributed by atoms with Crippen LogP contribution in [0, 0.1) is 6.92 Å². The molecule has 1 radical (unpaired) electrons. The van der Waals surface area contributed by atoms with E-state index in [2.05, 4.69) is 25.0 Å². The third-order valence-electron chi connectivity index (χ3n) is 5.67. The van der Waals surface area contributed by atoms with Crippen molar-refractivity contribution in [3.05, 3.63) is 35.2 Å². The van der Waals surface area contributed by atoms with Crippen molar-refractivity contribution in [3.8, 4) is 5.75 Å². The Labute approximate surface area is 199 Å². The molecule has 2 aromatic rings. The van der Waals surface area contributed by atoms with E-state index in [0.717, 1.165) is 19.6 Å². The minimum Gasteiger partial charge on any atom is -0.493 e. The van der Waals surface area contributed by atoms with Gasteiger partial charge >= 0.3 is 0 Å². The number of aryl methyl sites for hydroxylation is 2. The highest BCUT2D eigenvalue weighted by Gasteiger charge is 2.30. The van der Waals surface area contributed by atoms with Gasteiger partial charge in [0.2, 0.25) is 10.0 Å². The quantitative estimate of drug-likeness (QED) is 0.520. The van der Waals surface area contributed by atoms with Crippen molar-refractivity contribution in [2.24, 2.45) is 12.0 Å². The molecule has 1 saturated heterocycles. The summed E-state index contributed by atoms with van der Waals surface area (Å²) >= 11 is 0. The Hall–Kier alpha value is -2.80. The summed E-state index contributed by atoms with van der Waals surface area (Å²) in [7, 11) is -2.12. The first-order valence-corrected chi connectivity index (χ1v) is 12.7. The fourth-order valence-electron chi connectivity index (χ4n) is 3.97. The zero-order chi connectivity index (χ0) is 24.3. The molecule has 2 aliphatic heterocycles. The Bertz CT molecular complexity index is 1200. The fraction of sp³-hybridized carbons (Fsp3) is 0.500. The maximum atomic E-state index is 13.0. The average Bonchev–Trinajstić information content (AvgIpc) is 3.11. The summed E-state index contributed by atoms with van der Waals surface area (Å²) in [5.41, 5.74) is 1.64. The van der Waals surface area contributed by atoms with Crippen molar-refractivity contribution in [2.45, 2.75) is 25.2 Å². The first-order chi connectivity index (χ1) is 16.3. The number of benzene rings is 1. The Morgan fingerprint density at radius 1 is 1.24 bits per heavy atom. The second-order valence-corrected chi connectivity index (χ2v) is 9.82. The third kappa shape index (κ3) is 5.14. The molecule has 3 heterocycles. The van der Waals surface area contributed by atoms with Gasteiger partial charge in [0.25, 0.3) is 5.91 Å². The Morgan fingerprint density at radius 3 is 2.74 bits per heavy atom. The van der Waals surface area contributed by atoms with Crippen LogP contribution in [0.1, 0.15) is 35.1 Å². The SMILES string of the molecule is CCOc1ccc(S(=O)(=O)NCCCN2CCOCC2)cc1C1=Nc2c(C)nn(C)c2C(=O)[N]1. The van der Waals surface area contributed by atoms with E-state index in [4.69, 9.17) is 9.47 Å². The lowest BCUT2D eigenvalue weighted by Gasteiger charge is -2.26. The molecule has 1 N–H and O–H groups in total. The van der Waals surface area contributed by atoms with Crippen LogP contribution in [0.5, 0.6) is 5.75 Å². The summed E-state index contributed by atoms with van der Waals surface area (Å²) in [5.74, 6) is 0.00974. The molecule has 1 fully saturated rings. The van der Waals surface area contributed by atoms with Crippen molar-refractivity contribution in [2.75, 3.05) is 46.0 Å². The van der Waals surface area contributed by atoms with E-state index in [1.165, 1.54) is 16.8 Å². The van der Waals surface area contributed by atoms with E-state index >= 15 is 0 Å². The molecule has 12 heteroatoms. The van der Waals surface area contributed by atoms with E-state index in [1.54, 1.807) is 20.0 Å². The topological polar surface area (TPSA) is 129 Å². The van der Waals surface area contributed by atoms with Gasteiger partial charge < -0.3 is 9.47 Å². The number of hydrogen-bond acceptors (Lipinski definition) is 8. The molecule has 0 unspecified atom stereocenters. The lowest BCUT2D eigenvalue weighted by Crippen LogP contribution is -2.38. The minimum absolute atomic E-state index is 0.0522. The smallest absolute Gasteiger partial charge is 0.299 e. The average molecular weight is 490 g/mol. The van der Waals surface area contributed by atoms with Crippen molar-refractivity contribution in [3.63, 3.8) is 0 Å². The molecule has 4 rings (SSSR count). The summed E-state index contributed by atoms with van der Waals surface area (Å²) in [5, 5.41) is 8.34. The number of nitrogens with one attached hydrogen (secondary N) is 1. The van der Waals surface area contributed by atoms with Crippen LogP contribution < -0.4 is 14.8 Å². The van der Waals surface area contributed by atoms with Crippen LogP contribution in [-0.2, 0) is 21.8 Å². The van der Waals surface area contributed by atoms with E-state index < -0.39 is 15.9 Å². The molecule has 0 saturated carbocycles. The molecular weight excluding hydrogens is 460 g/mol. The van der Waals surface area contributed by atoms with Crippen molar-refractivity contribution in [1.29, 1.82) is 0 Å². The molecule has 34 heavy (non-hydrogen) atoms. The Balaban J connectivity index is 1.56. The number of aliphatic imine (C=N–C) groups is 1. The molecule has 0 spiro atoms. The summed E-state index contributed by atoms with van der Waals surface area (Å²) in [6.45, 7) is 8.17. The normalized spacial score (nSPS) is 16.7. The zero-order valence-electron chi connectivity index (χ0n) is 19.6. The van der Waals surface area contributed by atoms with E-state index in [-0.39, 0.29) is 10.7 Å². The van der Waals surface area contributed by atoms with Gasteiger partial charge in [-0.1, -0.05) is 0 Å². The lowest BCUT2D eigenvalue weighted by molar-refractivity contribution is 0.0376. The van der Waals surface area contributed by atoms with Crippen LogP contribution >= 0.6 is 0 Å². The highest BCUT2D eigenvalue weighted by Crippen LogP contribution is 2.31. The second-order valence-electron chi connectivity index (χ2n) is 8.05. The number of carbonyl (C=O) groups is 1. The van der Waals surface area contributed by atoms with Gasteiger partial charge in [0.1, 0.15) is 11.4 Å². The van der Waals surface area contributed by atoms with Gasteiger partial charge in [0, 0.05) is 26.7 Å². The fourth-order valence-corrected chi connectivity index (χ4v) is 5.07. The molecule has 1 aromatic carbocycles. The van der Waals surface area contributed by atoms with Crippen LogP contribution in [0.3, 0.4) is 0 Å². The van der Waals surface area contributed by atoms with Crippen LogP contribution in [0.2, 0.25) is 0 Å². The van der Waals surface area contributed by atoms with Gasteiger partial charge in [-0.3, -0.25) is 14.4 Å². The van der Waals surface area contributed by atoms with E-state index in [1.807, 2.05) is 6.92 Å². The van der Waals surface area contributed by atoms with Crippen LogP contribution in [0.4, 0.5) is 5.69 Å². The number of morpholine rings is 1. The lowest BCUT2D eigenvalue weighted by atomic mass is 10.1. The number of ether oxygens (including phenoxy) is 2. The largest absolute Gasteiger partial charge is 0.493 e. The van der Waals surface area contributed by atoms with Gasteiger partial charge in [-0.25, -0.2) is 18.1 Å². The van der Waals surface area contributed by atoms with Crippen LogP contribution in [-0.4, -0.2) is 80.8 Å². The summed E-state index contributed by atoms with van der Waals surface area (Å²) < 4.78 is 41.1. The minimum atomic E-state index is -3.78. The zero-order valence-corrected chi connectivity index (χ0v) is 20.4. The number of aromatic nitrogens is 2. The van der Waals surface area contributed by atoms with Crippen LogP contribution in [0.25, 0.3) is 0 Å². The molecule has 1 aromatic heterocycles. The van der Waals surface area contributed by atoms with E-state index in [9.17, 15) is 13.2 Å².